The maximum absolute atomic E-state index is 14.0. The number of nitrogens with one attached hydrogen (secondary N) is 2. The van der Waals surface area contributed by atoms with Crippen molar-refractivity contribution in [1.29, 1.82) is 0 Å². The number of carbonyl (C=O) groups is 3. The molecule has 8 nitrogen and oxygen atoms in total. The number of hydrogen-bond donors (Lipinski definition) is 2. The lowest BCUT2D eigenvalue weighted by Gasteiger charge is -2.33. The lowest BCUT2D eigenvalue weighted by molar-refractivity contribution is -0.136. The van der Waals surface area contributed by atoms with Gasteiger partial charge in [-0.3, -0.25) is 14.5 Å². The Morgan fingerprint density at radius 3 is 2.63 bits per heavy atom. The van der Waals surface area contributed by atoms with Gasteiger partial charge in [-0.2, -0.15) is 0 Å². The molecule has 0 aromatic heterocycles. The summed E-state index contributed by atoms with van der Waals surface area (Å²) >= 11 is 0. The van der Waals surface area contributed by atoms with Gasteiger partial charge in [0.15, 0.2) is 0 Å². The zero-order valence-corrected chi connectivity index (χ0v) is 21.1. The summed E-state index contributed by atoms with van der Waals surface area (Å²) < 4.78 is 19.3. The van der Waals surface area contributed by atoms with Gasteiger partial charge < -0.3 is 20.3 Å². The molecule has 1 fully saturated rings. The summed E-state index contributed by atoms with van der Waals surface area (Å²) in [6.07, 6.45) is 3.70. The average molecular weight is 519 g/mol. The molecule has 2 aromatic rings. The first-order valence-corrected chi connectivity index (χ1v) is 12.9. The predicted molar refractivity (Wildman–Crippen MR) is 139 cm³/mol. The molecule has 0 radical (unpaired) electrons. The highest BCUT2D eigenvalue weighted by atomic mass is 19.1. The third-order valence-corrected chi connectivity index (χ3v) is 7.24. The van der Waals surface area contributed by atoms with Crippen molar-refractivity contribution >= 4 is 17.8 Å². The third-order valence-electron chi connectivity index (χ3n) is 7.24. The van der Waals surface area contributed by atoms with Crippen molar-refractivity contribution in [1.82, 2.24) is 20.4 Å². The minimum Gasteiger partial charge on any atom is -0.376 e. The van der Waals surface area contributed by atoms with E-state index in [0.29, 0.717) is 36.4 Å². The van der Waals surface area contributed by atoms with Gasteiger partial charge in [0.05, 0.1) is 30.0 Å². The molecule has 0 aliphatic carbocycles. The van der Waals surface area contributed by atoms with Gasteiger partial charge in [-0.05, 0) is 36.1 Å². The molecule has 0 spiro atoms. The van der Waals surface area contributed by atoms with Crippen LogP contribution in [0.15, 0.2) is 78.5 Å². The van der Waals surface area contributed by atoms with Gasteiger partial charge in [-0.15, -0.1) is 6.58 Å². The Labute approximate surface area is 221 Å². The second-order valence-electron chi connectivity index (χ2n) is 9.71. The number of rotatable bonds is 9. The second-order valence-corrected chi connectivity index (χ2v) is 9.71. The number of ether oxygens (including phenoxy) is 1. The van der Waals surface area contributed by atoms with E-state index >= 15 is 0 Å². The molecule has 3 heterocycles. The molecule has 2 aromatic carbocycles. The van der Waals surface area contributed by atoms with Gasteiger partial charge in [-0.1, -0.05) is 48.5 Å². The van der Waals surface area contributed by atoms with Gasteiger partial charge in [0.1, 0.15) is 11.9 Å². The molecule has 5 rings (SSSR count). The summed E-state index contributed by atoms with van der Waals surface area (Å²) in [6, 6.07) is 13.3. The monoisotopic (exact) mass is 518 g/mol. The Morgan fingerprint density at radius 2 is 1.95 bits per heavy atom. The maximum Gasteiger partial charge on any atom is 0.322 e. The largest absolute Gasteiger partial charge is 0.376 e. The minimum absolute atomic E-state index is 0.0373. The molecular formula is C29H31FN4O4. The SMILES string of the molecule is C=CCN1C(=O)N[C@H](c2ccc(F)cc2)C2=C1CN([C@H](Cc1ccccc1)C(=O)NC[C@@H]1CCCO1)C2=O. The highest BCUT2D eigenvalue weighted by Gasteiger charge is 2.47. The van der Waals surface area contributed by atoms with Crippen LogP contribution in [0.5, 0.6) is 0 Å². The van der Waals surface area contributed by atoms with E-state index in [9.17, 15) is 18.8 Å². The zero-order chi connectivity index (χ0) is 26.6. The summed E-state index contributed by atoms with van der Waals surface area (Å²) in [4.78, 5) is 43.7. The minimum atomic E-state index is -0.800. The number of benzene rings is 2. The van der Waals surface area contributed by atoms with Crippen LogP contribution in [-0.2, 0) is 20.7 Å². The van der Waals surface area contributed by atoms with Crippen LogP contribution in [0.2, 0.25) is 0 Å². The first-order chi connectivity index (χ1) is 18.5. The Hall–Kier alpha value is -3.98. The fourth-order valence-electron chi connectivity index (χ4n) is 5.31. The quantitative estimate of drug-likeness (QED) is 0.500. The fourth-order valence-corrected chi connectivity index (χ4v) is 5.31. The van der Waals surface area contributed by atoms with Crippen molar-refractivity contribution in [2.24, 2.45) is 0 Å². The van der Waals surface area contributed by atoms with E-state index in [1.807, 2.05) is 30.3 Å². The van der Waals surface area contributed by atoms with Crippen LogP contribution in [0.1, 0.15) is 30.0 Å². The molecular weight excluding hydrogens is 487 g/mol. The first kappa shape index (κ1) is 25.7. The number of halogens is 1. The number of amides is 4. The van der Waals surface area contributed by atoms with Crippen LogP contribution in [-0.4, -0.2) is 66.0 Å². The predicted octanol–water partition coefficient (Wildman–Crippen LogP) is 3.08. The van der Waals surface area contributed by atoms with Crippen molar-refractivity contribution in [3.8, 4) is 0 Å². The van der Waals surface area contributed by atoms with Gasteiger partial charge >= 0.3 is 6.03 Å². The molecule has 0 saturated carbocycles. The summed E-state index contributed by atoms with van der Waals surface area (Å²) in [6.45, 7) is 5.11. The number of carbonyl (C=O) groups excluding carboxylic acids is 3. The van der Waals surface area contributed by atoms with Crippen molar-refractivity contribution < 1.29 is 23.5 Å². The van der Waals surface area contributed by atoms with Crippen molar-refractivity contribution in [2.75, 3.05) is 26.2 Å². The van der Waals surface area contributed by atoms with Crippen molar-refractivity contribution in [2.45, 2.75) is 37.5 Å². The van der Waals surface area contributed by atoms with Gasteiger partial charge in [0.2, 0.25) is 5.91 Å². The Morgan fingerprint density at radius 1 is 1.18 bits per heavy atom. The third kappa shape index (κ3) is 5.19. The highest BCUT2D eigenvalue weighted by Crippen LogP contribution is 2.37. The van der Waals surface area contributed by atoms with Crippen LogP contribution in [0.25, 0.3) is 0 Å². The second kappa shape index (κ2) is 11.2. The summed E-state index contributed by atoms with van der Waals surface area (Å²) in [5, 5.41) is 5.87. The van der Waals surface area contributed by atoms with Crippen LogP contribution in [0, 0.1) is 5.82 Å². The lowest BCUT2D eigenvalue weighted by atomic mass is 9.95. The molecule has 0 bridgehead atoms. The van der Waals surface area contributed by atoms with E-state index in [-0.39, 0.29) is 37.0 Å². The lowest BCUT2D eigenvalue weighted by Crippen LogP contribution is -2.51. The molecule has 3 atom stereocenters. The molecule has 3 aliphatic heterocycles. The molecule has 1 saturated heterocycles. The van der Waals surface area contributed by atoms with Crippen molar-refractivity contribution in [3.63, 3.8) is 0 Å². The molecule has 2 N–H and O–H groups in total. The van der Waals surface area contributed by atoms with Crippen LogP contribution in [0.3, 0.4) is 0 Å². The summed E-state index contributed by atoms with van der Waals surface area (Å²) in [5.74, 6) is -1.02. The fraction of sp³-hybridized carbons (Fsp3) is 0.345. The van der Waals surface area contributed by atoms with Crippen LogP contribution in [0.4, 0.5) is 9.18 Å². The van der Waals surface area contributed by atoms with E-state index in [0.717, 1.165) is 18.4 Å². The maximum atomic E-state index is 14.0. The zero-order valence-electron chi connectivity index (χ0n) is 21.1. The first-order valence-electron chi connectivity index (χ1n) is 12.9. The number of nitrogens with zero attached hydrogens (tertiary/aromatic N) is 2. The number of hydrogen-bond acceptors (Lipinski definition) is 4. The van der Waals surface area contributed by atoms with Crippen LogP contribution < -0.4 is 10.6 Å². The Bertz CT molecular complexity index is 1240. The van der Waals surface area contributed by atoms with Gasteiger partial charge in [0, 0.05) is 26.1 Å². The molecule has 4 amide bonds. The smallest absolute Gasteiger partial charge is 0.322 e. The average Bonchev–Trinajstić information content (AvgIpc) is 3.57. The molecule has 3 aliphatic rings. The summed E-state index contributed by atoms with van der Waals surface area (Å²) in [7, 11) is 0. The van der Waals surface area contributed by atoms with E-state index in [1.165, 1.54) is 21.9 Å². The topological polar surface area (TPSA) is 91.0 Å². The van der Waals surface area contributed by atoms with E-state index in [1.54, 1.807) is 18.2 Å². The molecule has 198 valence electrons. The van der Waals surface area contributed by atoms with E-state index in [2.05, 4.69) is 17.2 Å². The Balaban J connectivity index is 1.47. The normalized spacial score (nSPS) is 21.8. The Kier molecular flexibility index (Phi) is 7.55. The van der Waals surface area contributed by atoms with Crippen molar-refractivity contribution in [3.05, 3.63) is 95.5 Å². The van der Waals surface area contributed by atoms with Crippen LogP contribution >= 0.6 is 0 Å². The number of urea groups is 1. The molecule has 0 unspecified atom stereocenters. The van der Waals surface area contributed by atoms with Gasteiger partial charge in [0.25, 0.3) is 5.91 Å². The molecule has 9 heteroatoms. The van der Waals surface area contributed by atoms with Gasteiger partial charge in [-0.25, -0.2) is 9.18 Å². The molecule has 38 heavy (non-hydrogen) atoms. The highest BCUT2D eigenvalue weighted by molar-refractivity contribution is 6.03. The van der Waals surface area contributed by atoms with E-state index < -0.39 is 17.9 Å². The summed E-state index contributed by atoms with van der Waals surface area (Å²) in [5.41, 5.74) is 2.40. The standard InChI is InChI=1S/C29H31FN4O4/c1-2-14-33-24-18-34(28(36)25(24)26(32-29(33)37)20-10-12-21(30)13-11-20)23(16-19-7-4-3-5-8-19)27(35)31-17-22-9-6-15-38-22/h2-5,7-8,10-13,22-23,26H,1,6,9,14-18H2,(H,31,35)(H,32,37)/t22-,23+,26+/m0/s1. The van der Waals surface area contributed by atoms with E-state index in [4.69, 9.17) is 4.74 Å².